The highest BCUT2D eigenvalue weighted by molar-refractivity contribution is 5.71. The van der Waals surface area contributed by atoms with Crippen LogP contribution in [-0.2, 0) is 0 Å². The van der Waals surface area contributed by atoms with Gasteiger partial charge in [-0.3, -0.25) is 10.1 Å². The summed E-state index contributed by atoms with van der Waals surface area (Å²) in [5, 5.41) is 13.8. The van der Waals surface area contributed by atoms with Gasteiger partial charge < -0.3 is 15.8 Å². The number of nitro benzene ring substituents is 1. The predicted molar refractivity (Wildman–Crippen MR) is 73.8 cm³/mol. The molecule has 0 aromatic heterocycles. The number of anilines is 3. The number of ether oxygens (including phenoxy) is 1. The topological polar surface area (TPSA) is 90.4 Å². The van der Waals surface area contributed by atoms with Crippen LogP contribution in [0.5, 0.6) is 5.75 Å². The van der Waals surface area contributed by atoms with Gasteiger partial charge in [0.1, 0.15) is 5.75 Å². The van der Waals surface area contributed by atoms with Crippen molar-refractivity contribution in [3.05, 3.63) is 52.6 Å². The molecule has 0 aliphatic heterocycles. The summed E-state index contributed by atoms with van der Waals surface area (Å²) in [6.07, 6.45) is 0. The van der Waals surface area contributed by atoms with E-state index in [0.717, 1.165) is 0 Å². The van der Waals surface area contributed by atoms with E-state index in [2.05, 4.69) is 5.32 Å². The molecule has 0 aliphatic carbocycles. The summed E-state index contributed by atoms with van der Waals surface area (Å²) in [7, 11) is 1.56. The smallest absolute Gasteiger partial charge is 0.273 e. The number of hydrogen-bond donors (Lipinski definition) is 2. The van der Waals surface area contributed by atoms with E-state index in [-0.39, 0.29) is 5.69 Å². The number of nitrogens with zero attached hydrogens (tertiary/aromatic N) is 1. The molecule has 0 radical (unpaired) electrons. The minimum Gasteiger partial charge on any atom is -0.495 e. The Bertz CT molecular complexity index is 614. The fourth-order valence-electron chi connectivity index (χ4n) is 1.72. The van der Waals surface area contributed by atoms with Gasteiger partial charge in [-0.2, -0.15) is 0 Å². The molecule has 0 bridgehead atoms. The number of rotatable bonds is 4. The van der Waals surface area contributed by atoms with Crippen LogP contribution in [0.15, 0.2) is 42.5 Å². The highest BCUT2D eigenvalue weighted by Gasteiger charge is 2.09. The zero-order valence-corrected chi connectivity index (χ0v) is 10.3. The molecule has 2 aromatic rings. The number of para-hydroxylation sites is 2. The van der Waals surface area contributed by atoms with E-state index >= 15 is 0 Å². The van der Waals surface area contributed by atoms with E-state index in [0.29, 0.717) is 22.8 Å². The molecule has 6 heteroatoms. The molecule has 0 unspecified atom stereocenters. The fraction of sp³-hybridized carbons (Fsp3) is 0.0769. The van der Waals surface area contributed by atoms with Gasteiger partial charge in [0.25, 0.3) is 5.69 Å². The van der Waals surface area contributed by atoms with Gasteiger partial charge in [0.2, 0.25) is 0 Å². The molecule has 98 valence electrons. The molecule has 6 nitrogen and oxygen atoms in total. The van der Waals surface area contributed by atoms with Crippen LogP contribution in [0.3, 0.4) is 0 Å². The normalized spacial score (nSPS) is 9.95. The van der Waals surface area contributed by atoms with Crippen LogP contribution in [0, 0.1) is 10.1 Å². The number of non-ortho nitro benzene ring substituents is 1. The average molecular weight is 259 g/mol. The van der Waals surface area contributed by atoms with Crippen molar-refractivity contribution in [3.63, 3.8) is 0 Å². The average Bonchev–Trinajstić information content (AvgIpc) is 2.38. The molecule has 2 aromatic carbocycles. The Hall–Kier alpha value is -2.76. The van der Waals surface area contributed by atoms with E-state index in [1.807, 2.05) is 18.2 Å². The van der Waals surface area contributed by atoms with Crippen molar-refractivity contribution in [2.75, 3.05) is 18.2 Å². The Morgan fingerprint density at radius 1 is 1.26 bits per heavy atom. The first-order valence-corrected chi connectivity index (χ1v) is 5.55. The zero-order valence-electron chi connectivity index (χ0n) is 10.3. The van der Waals surface area contributed by atoms with Crippen molar-refractivity contribution in [2.45, 2.75) is 0 Å². The van der Waals surface area contributed by atoms with Crippen LogP contribution in [0.4, 0.5) is 22.7 Å². The number of benzene rings is 2. The third kappa shape index (κ3) is 2.92. The second-order valence-corrected chi connectivity index (χ2v) is 3.90. The van der Waals surface area contributed by atoms with E-state index in [1.165, 1.54) is 12.1 Å². The molecular formula is C13H13N3O3. The van der Waals surface area contributed by atoms with Gasteiger partial charge in [0.05, 0.1) is 17.7 Å². The van der Waals surface area contributed by atoms with E-state index in [1.54, 1.807) is 19.2 Å². The Balaban J connectivity index is 2.35. The van der Waals surface area contributed by atoms with Crippen molar-refractivity contribution in [1.29, 1.82) is 0 Å². The van der Waals surface area contributed by atoms with Crippen LogP contribution in [0.1, 0.15) is 0 Å². The van der Waals surface area contributed by atoms with Gasteiger partial charge in [0, 0.05) is 23.5 Å². The highest BCUT2D eigenvalue weighted by atomic mass is 16.6. The Labute approximate surface area is 110 Å². The lowest BCUT2D eigenvalue weighted by molar-refractivity contribution is -0.384. The van der Waals surface area contributed by atoms with Crippen LogP contribution < -0.4 is 15.8 Å². The van der Waals surface area contributed by atoms with E-state index < -0.39 is 4.92 Å². The predicted octanol–water partition coefficient (Wildman–Crippen LogP) is 2.93. The van der Waals surface area contributed by atoms with Crippen molar-refractivity contribution >= 4 is 22.7 Å². The Morgan fingerprint density at radius 3 is 2.68 bits per heavy atom. The monoisotopic (exact) mass is 259 g/mol. The largest absolute Gasteiger partial charge is 0.495 e. The van der Waals surface area contributed by atoms with Gasteiger partial charge >= 0.3 is 0 Å². The molecule has 0 amide bonds. The van der Waals surface area contributed by atoms with Crippen molar-refractivity contribution in [1.82, 2.24) is 0 Å². The van der Waals surface area contributed by atoms with Crippen LogP contribution >= 0.6 is 0 Å². The van der Waals surface area contributed by atoms with Gasteiger partial charge in [-0.25, -0.2) is 0 Å². The molecule has 0 saturated heterocycles. The van der Waals surface area contributed by atoms with Crippen molar-refractivity contribution in [3.8, 4) is 5.75 Å². The number of nitrogen functional groups attached to an aromatic ring is 1. The first kappa shape index (κ1) is 12.7. The molecular weight excluding hydrogens is 246 g/mol. The molecule has 19 heavy (non-hydrogen) atoms. The third-order valence-electron chi connectivity index (χ3n) is 2.54. The molecule has 0 heterocycles. The molecule has 0 fully saturated rings. The SMILES string of the molecule is COc1ccccc1Nc1cc(N)cc([N+](=O)[O-])c1. The summed E-state index contributed by atoms with van der Waals surface area (Å²) in [5.74, 6) is 0.646. The maximum Gasteiger partial charge on any atom is 0.273 e. The lowest BCUT2D eigenvalue weighted by Crippen LogP contribution is -1.97. The second-order valence-electron chi connectivity index (χ2n) is 3.90. The number of methoxy groups -OCH3 is 1. The molecule has 2 rings (SSSR count). The Morgan fingerprint density at radius 2 is 2.00 bits per heavy atom. The van der Waals surface area contributed by atoms with Crippen molar-refractivity contribution in [2.24, 2.45) is 0 Å². The summed E-state index contributed by atoms with van der Waals surface area (Å²) in [6, 6.07) is 11.6. The molecule has 0 aliphatic rings. The maximum absolute atomic E-state index is 10.8. The maximum atomic E-state index is 10.8. The summed E-state index contributed by atoms with van der Waals surface area (Å²) in [4.78, 5) is 10.3. The van der Waals surface area contributed by atoms with Crippen LogP contribution in [0.25, 0.3) is 0 Å². The van der Waals surface area contributed by atoms with Gasteiger partial charge in [-0.1, -0.05) is 12.1 Å². The summed E-state index contributed by atoms with van der Waals surface area (Å²) in [6.45, 7) is 0. The lowest BCUT2D eigenvalue weighted by Gasteiger charge is -2.11. The standard InChI is InChI=1S/C13H13N3O3/c1-19-13-5-3-2-4-12(13)15-10-6-9(14)7-11(8-10)16(17)18/h2-8,15H,14H2,1H3. The van der Waals surface area contributed by atoms with Crippen LogP contribution in [-0.4, -0.2) is 12.0 Å². The van der Waals surface area contributed by atoms with Gasteiger partial charge in [-0.05, 0) is 18.2 Å². The zero-order chi connectivity index (χ0) is 13.8. The van der Waals surface area contributed by atoms with Gasteiger partial charge in [-0.15, -0.1) is 0 Å². The van der Waals surface area contributed by atoms with Crippen molar-refractivity contribution < 1.29 is 9.66 Å². The number of nitrogens with two attached hydrogens (primary N) is 1. The highest BCUT2D eigenvalue weighted by Crippen LogP contribution is 2.30. The third-order valence-corrected chi connectivity index (χ3v) is 2.54. The minimum absolute atomic E-state index is 0.0580. The number of hydrogen-bond acceptors (Lipinski definition) is 5. The molecule has 0 atom stereocenters. The molecule has 0 spiro atoms. The second kappa shape index (κ2) is 5.26. The summed E-state index contributed by atoms with van der Waals surface area (Å²) >= 11 is 0. The van der Waals surface area contributed by atoms with Crippen LogP contribution in [0.2, 0.25) is 0 Å². The first-order chi connectivity index (χ1) is 9.10. The molecule has 3 N–H and O–H groups in total. The number of nitrogens with one attached hydrogen (secondary N) is 1. The number of nitro groups is 1. The minimum atomic E-state index is -0.482. The fourth-order valence-corrected chi connectivity index (χ4v) is 1.72. The van der Waals surface area contributed by atoms with E-state index in [4.69, 9.17) is 10.5 Å². The molecule has 0 saturated carbocycles. The van der Waals surface area contributed by atoms with Gasteiger partial charge in [0.15, 0.2) is 0 Å². The first-order valence-electron chi connectivity index (χ1n) is 5.55. The summed E-state index contributed by atoms with van der Waals surface area (Å²) in [5.41, 5.74) is 7.16. The Kier molecular flexibility index (Phi) is 3.51. The van der Waals surface area contributed by atoms with E-state index in [9.17, 15) is 10.1 Å². The quantitative estimate of drug-likeness (QED) is 0.500. The lowest BCUT2D eigenvalue weighted by atomic mass is 10.2. The summed E-state index contributed by atoms with van der Waals surface area (Å²) < 4.78 is 5.20.